The standard InChI is InChI=1S/C23H22N4O5/c1-14-5-4-6-16(11-14)26-21(29)23(20(28)24-22(26)30)13-15-12-17(27(31)32)8-9-18(15)25-10-3-2-7-19(23)25/h4-6,8-9,11-12,19H,2-3,7,10,13H2,1H3,(H,24,28,30)/t19-,23+/m1/s1. The lowest BCUT2D eigenvalue weighted by molar-refractivity contribution is -0.384. The summed E-state index contributed by atoms with van der Waals surface area (Å²) in [6.45, 7) is 2.49. The van der Waals surface area contributed by atoms with Gasteiger partial charge < -0.3 is 4.90 Å². The molecule has 2 aromatic rings. The van der Waals surface area contributed by atoms with Gasteiger partial charge in [0.1, 0.15) is 0 Å². The van der Waals surface area contributed by atoms with Crippen LogP contribution < -0.4 is 15.1 Å². The minimum absolute atomic E-state index is 0.00540. The number of amides is 4. The summed E-state index contributed by atoms with van der Waals surface area (Å²) in [5, 5.41) is 13.8. The van der Waals surface area contributed by atoms with E-state index in [9.17, 15) is 24.5 Å². The summed E-state index contributed by atoms with van der Waals surface area (Å²) < 4.78 is 0. The predicted molar refractivity (Wildman–Crippen MR) is 116 cm³/mol. The van der Waals surface area contributed by atoms with E-state index in [1.165, 1.54) is 12.1 Å². The van der Waals surface area contributed by atoms with Crippen LogP contribution in [0.15, 0.2) is 42.5 Å². The number of imide groups is 2. The highest BCUT2D eigenvalue weighted by Crippen LogP contribution is 2.48. The third-order valence-electron chi connectivity index (χ3n) is 6.80. The first-order valence-corrected chi connectivity index (χ1v) is 10.6. The Labute approximate surface area is 184 Å². The van der Waals surface area contributed by atoms with E-state index in [-0.39, 0.29) is 12.1 Å². The van der Waals surface area contributed by atoms with Crippen molar-refractivity contribution in [3.8, 4) is 0 Å². The van der Waals surface area contributed by atoms with Gasteiger partial charge >= 0.3 is 6.03 Å². The fourth-order valence-corrected chi connectivity index (χ4v) is 5.36. The van der Waals surface area contributed by atoms with Crippen LogP contribution in [-0.4, -0.2) is 35.4 Å². The molecule has 3 heterocycles. The molecule has 2 atom stereocenters. The molecule has 0 saturated carbocycles. The predicted octanol–water partition coefficient (Wildman–Crippen LogP) is 3.09. The van der Waals surface area contributed by atoms with Crippen molar-refractivity contribution >= 4 is 34.9 Å². The highest BCUT2D eigenvalue weighted by Gasteiger charge is 2.62. The molecule has 2 aromatic carbocycles. The van der Waals surface area contributed by atoms with Crippen molar-refractivity contribution in [2.75, 3.05) is 16.3 Å². The lowest BCUT2D eigenvalue weighted by Crippen LogP contribution is -2.72. The average Bonchev–Trinajstić information content (AvgIpc) is 2.77. The van der Waals surface area contributed by atoms with Crippen molar-refractivity contribution < 1.29 is 19.3 Å². The summed E-state index contributed by atoms with van der Waals surface area (Å²) >= 11 is 0. The normalized spacial score (nSPS) is 24.8. The zero-order valence-electron chi connectivity index (χ0n) is 17.5. The number of urea groups is 1. The number of benzene rings is 2. The molecule has 9 nitrogen and oxygen atoms in total. The molecule has 0 radical (unpaired) electrons. The first-order chi connectivity index (χ1) is 15.3. The molecule has 0 aliphatic carbocycles. The van der Waals surface area contributed by atoms with Gasteiger partial charge in [-0.3, -0.25) is 25.0 Å². The minimum Gasteiger partial charge on any atom is -0.367 e. The molecule has 1 spiro atoms. The van der Waals surface area contributed by atoms with E-state index in [0.29, 0.717) is 24.2 Å². The smallest absolute Gasteiger partial charge is 0.335 e. The van der Waals surface area contributed by atoms with Crippen molar-refractivity contribution in [2.24, 2.45) is 5.41 Å². The van der Waals surface area contributed by atoms with E-state index in [4.69, 9.17) is 0 Å². The van der Waals surface area contributed by atoms with Gasteiger partial charge in [0.25, 0.3) is 11.6 Å². The number of nitrogens with one attached hydrogen (secondary N) is 1. The number of barbiturate groups is 1. The maximum absolute atomic E-state index is 14.0. The minimum atomic E-state index is -1.54. The van der Waals surface area contributed by atoms with Crippen molar-refractivity contribution in [1.29, 1.82) is 0 Å². The summed E-state index contributed by atoms with van der Waals surface area (Å²) in [6.07, 6.45) is 2.36. The van der Waals surface area contributed by atoms with Crippen LogP contribution in [0.3, 0.4) is 0 Å². The van der Waals surface area contributed by atoms with Crippen molar-refractivity contribution in [1.82, 2.24) is 5.32 Å². The molecule has 32 heavy (non-hydrogen) atoms. The third-order valence-corrected chi connectivity index (χ3v) is 6.80. The Balaban J connectivity index is 1.68. The number of rotatable bonds is 2. The SMILES string of the molecule is Cc1cccc(N2C(=O)NC(=O)[C@@]3(Cc4cc([N+](=O)[O-])ccc4N4CCCC[C@@H]43)C2=O)c1. The molecule has 0 bridgehead atoms. The van der Waals surface area contributed by atoms with Gasteiger partial charge in [0.15, 0.2) is 5.41 Å². The van der Waals surface area contributed by atoms with Crippen molar-refractivity contribution in [3.05, 3.63) is 63.7 Å². The van der Waals surface area contributed by atoms with Gasteiger partial charge in [0.05, 0.1) is 16.7 Å². The Morgan fingerprint density at radius 1 is 1.12 bits per heavy atom. The van der Waals surface area contributed by atoms with Crippen LogP contribution in [0, 0.1) is 22.5 Å². The van der Waals surface area contributed by atoms with Crippen molar-refractivity contribution in [2.45, 2.75) is 38.6 Å². The molecule has 0 unspecified atom stereocenters. The van der Waals surface area contributed by atoms with Gasteiger partial charge in [0.2, 0.25) is 5.91 Å². The Kier molecular flexibility index (Phi) is 4.51. The van der Waals surface area contributed by atoms with Crippen LogP contribution in [0.5, 0.6) is 0 Å². The number of carbonyl (C=O) groups excluding carboxylic acids is 3. The van der Waals surface area contributed by atoms with Crippen LogP contribution in [0.2, 0.25) is 0 Å². The Morgan fingerprint density at radius 2 is 1.94 bits per heavy atom. The molecule has 2 fully saturated rings. The van der Waals surface area contributed by atoms with E-state index >= 15 is 0 Å². The van der Waals surface area contributed by atoms with Gasteiger partial charge in [-0.15, -0.1) is 0 Å². The number of fused-ring (bicyclic) bond motifs is 4. The molecule has 164 valence electrons. The summed E-state index contributed by atoms with van der Waals surface area (Å²) in [6, 6.07) is 10.4. The maximum Gasteiger partial charge on any atom is 0.335 e. The number of anilines is 2. The quantitative estimate of drug-likeness (QED) is 0.442. The highest BCUT2D eigenvalue weighted by molar-refractivity contribution is 6.30. The zero-order valence-corrected chi connectivity index (χ0v) is 17.5. The van der Waals surface area contributed by atoms with E-state index in [1.54, 1.807) is 24.3 Å². The molecule has 9 heteroatoms. The summed E-state index contributed by atoms with van der Waals surface area (Å²) in [5.41, 5.74) is 1.01. The van der Waals surface area contributed by atoms with Crippen molar-refractivity contribution in [3.63, 3.8) is 0 Å². The van der Waals surface area contributed by atoms with Gasteiger partial charge in [-0.25, -0.2) is 9.69 Å². The van der Waals surface area contributed by atoms with E-state index in [0.717, 1.165) is 29.0 Å². The largest absolute Gasteiger partial charge is 0.367 e. The molecule has 4 amide bonds. The fourth-order valence-electron chi connectivity index (χ4n) is 5.36. The Bertz CT molecular complexity index is 1180. The van der Waals surface area contributed by atoms with Gasteiger partial charge in [-0.2, -0.15) is 0 Å². The second kappa shape index (κ2) is 7.15. The fraction of sp³-hybridized carbons (Fsp3) is 0.348. The number of hydrogen-bond acceptors (Lipinski definition) is 6. The van der Waals surface area contributed by atoms with Crippen LogP contribution in [0.25, 0.3) is 0 Å². The van der Waals surface area contributed by atoms with Gasteiger partial charge in [0, 0.05) is 30.8 Å². The number of non-ortho nitro benzene ring substituents is 1. The van der Waals surface area contributed by atoms with Crippen LogP contribution in [0.4, 0.5) is 21.9 Å². The maximum atomic E-state index is 14.0. The molecule has 1 N–H and O–H groups in total. The number of hydrogen-bond donors (Lipinski definition) is 1. The Morgan fingerprint density at radius 3 is 2.69 bits per heavy atom. The number of aryl methyl sites for hydroxylation is 1. The average molecular weight is 434 g/mol. The third kappa shape index (κ3) is 2.80. The number of nitro groups is 1. The molecule has 2 saturated heterocycles. The topological polar surface area (TPSA) is 113 Å². The lowest BCUT2D eigenvalue weighted by Gasteiger charge is -2.53. The Hall–Kier alpha value is -3.75. The molecule has 3 aliphatic rings. The zero-order chi connectivity index (χ0) is 22.6. The summed E-state index contributed by atoms with van der Waals surface area (Å²) in [5.74, 6) is -1.21. The summed E-state index contributed by atoms with van der Waals surface area (Å²) in [4.78, 5) is 54.1. The van der Waals surface area contributed by atoms with E-state index in [1.807, 2.05) is 17.9 Å². The monoisotopic (exact) mass is 434 g/mol. The second-order valence-electron chi connectivity index (χ2n) is 8.66. The number of nitro benzene ring substituents is 1. The number of carbonyl (C=O) groups is 3. The van der Waals surface area contributed by atoms with E-state index in [2.05, 4.69) is 5.32 Å². The van der Waals surface area contributed by atoms with Crippen LogP contribution in [-0.2, 0) is 16.0 Å². The molecular weight excluding hydrogens is 412 g/mol. The molecular formula is C23H22N4O5. The van der Waals surface area contributed by atoms with Crippen LogP contribution >= 0.6 is 0 Å². The molecule has 5 rings (SSSR count). The number of piperidine rings is 1. The van der Waals surface area contributed by atoms with Gasteiger partial charge in [-0.05, 0) is 55.5 Å². The van der Waals surface area contributed by atoms with Crippen LogP contribution in [0.1, 0.15) is 30.4 Å². The molecule has 0 aromatic heterocycles. The first kappa shape index (κ1) is 20.2. The van der Waals surface area contributed by atoms with E-state index < -0.39 is 34.2 Å². The molecule has 3 aliphatic heterocycles. The summed E-state index contributed by atoms with van der Waals surface area (Å²) in [7, 11) is 0. The highest BCUT2D eigenvalue weighted by atomic mass is 16.6. The first-order valence-electron chi connectivity index (χ1n) is 10.6. The number of nitrogens with zero attached hydrogens (tertiary/aromatic N) is 3. The second-order valence-corrected chi connectivity index (χ2v) is 8.66. The van der Waals surface area contributed by atoms with Gasteiger partial charge in [-0.1, -0.05) is 12.1 Å². The lowest BCUT2D eigenvalue weighted by atomic mass is 9.66.